The van der Waals surface area contributed by atoms with Gasteiger partial charge in [0.15, 0.2) is 0 Å². The molecular weight excluding hydrogens is 832 g/mol. The molecule has 0 aliphatic carbocycles. The molecule has 65 heavy (non-hydrogen) atoms. The summed E-state index contributed by atoms with van der Waals surface area (Å²) in [5.74, 6) is -0.526. The Kier molecular flexibility index (Phi) is 45.6. The van der Waals surface area contributed by atoms with E-state index in [0.29, 0.717) is 17.4 Å². The zero-order chi connectivity index (χ0) is 48.0. The van der Waals surface area contributed by atoms with Gasteiger partial charge in [-0.1, -0.05) is 245 Å². The van der Waals surface area contributed by atoms with E-state index < -0.39 is 20.0 Å². The predicted molar refractivity (Wildman–Crippen MR) is 275 cm³/mol. The first-order valence-corrected chi connectivity index (χ1v) is 29.5. The number of carbonyl (C=O) groups is 2. The number of nitrogens with one attached hydrogen (secondary N) is 1. The van der Waals surface area contributed by atoms with E-state index in [1.54, 1.807) is 0 Å². The number of ether oxygens (including phenoxy) is 1. The fourth-order valence-corrected chi connectivity index (χ4v) is 9.07. The van der Waals surface area contributed by atoms with Crippen molar-refractivity contribution in [1.82, 2.24) is 5.32 Å². The van der Waals surface area contributed by atoms with Gasteiger partial charge in [-0.25, -0.2) is 0 Å². The quantitative estimate of drug-likeness (QED) is 0.0212. The van der Waals surface area contributed by atoms with Gasteiger partial charge < -0.3 is 28.5 Å². The summed E-state index contributed by atoms with van der Waals surface area (Å²) in [5, 5.41) is 3.02. The number of amides is 1. The smallest absolute Gasteiger partial charge is 0.306 e. The monoisotopic (exact) mass is 941 g/mol. The van der Waals surface area contributed by atoms with Gasteiger partial charge >= 0.3 is 5.97 Å². The molecule has 0 aliphatic heterocycles. The Labute approximate surface area is 403 Å². The Bertz CT molecular complexity index is 1130. The zero-order valence-corrected chi connectivity index (χ0v) is 44.9. The highest BCUT2D eigenvalue weighted by Crippen LogP contribution is 2.38. The summed E-state index contributed by atoms with van der Waals surface area (Å²) < 4.78 is 30.2. The van der Waals surface area contributed by atoms with Crippen molar-refractivity contribution in [1.29, 1.82) is 0 Å². The van der Waals surface area contributed by atoms with E-state index in [9.17, 15) is 19.0 Å². The molecule has 0 saturated carbocycles. The molecule has 386 valence electrons. The fourth-order valence-electron chi connectivity index (χ4n) is 8.35. The van der Waals surface area contributed by atoms with Crippen LogP contribution >= 0.6 is 7.82 Å². The van der Waals surface area contributed by atoms with Crippen molar-refractivity contribution in [3.63, 3.8) is 0 Å². The van der Waals surface area contributed by atoms with Gasteiger partial charge in [-0.3, -0.25) is 14.2 Å². The molecule has 0 rings (SSSR count). The lowest BCUT2D eigenvalue weighted by Gasteiger charge is -2.30. The molecule has 10 heteroatoms. The van der Waals surface area contributed by atoms with Crippen LogP contribution in [0, 0.1) is 0 Å². The Morgan fingerprint density at radius 1 is 0.523 bits per heavy atom. The van der Waals surface area contributed by atoms with E-state index in [1.165, 1.54) is 186 Å². The first-order chi connectivity index (χ1) is 31.4. The SMILES string of the molecule is CCCCCCCCCCCCC/C=C/C(OC(=O)CCCCCCCCCCCCCCCCC)C(COP(=O)([O-])OCC[N+](C)(C)C)NC(=O)CCCCCCCCCCCCC. The molecule has 0 radical (unpaired) electrons. The second kappa shape index (κ2) is 46.5. The number of rotatable bonds is 51. The molecule has 1 N–H and O–H groups in total. The molecule has 0 saturated heterocycles. The number of hydrogen-bond donors (Lipinski definition) is 1. The van der Waals surface area contributed by atoms with Gasteiger partial charge in [0.25, 0.3) is 7.82 Å². The topological polar surface area (TPSA) is 114 Å². The molecule has 0 aromatic heterocycles. The van der Waals surface area contributed by atoms with Crippen LogP contribution in [0.3, 0.4) is 0 Å². The minimum absolute atomic E-state index is 0.0172. The molecule has 0 aliphatic rings. The standard InChI is InChI=1S/C55H109N2O7P/c1-7-10-13-16-19-22-25-27-28-30-33-36-39-42-45-48-55(59)64-53(46-43-40-37-34-32-29-26-23-20-17-14-11-8-2)52(51-63-65(60,61)62-50-49-57(4,5)6)56-54(58)47-44-41-38-35-31-24-21-18-15-12-9-3/h43,46,52-53H,7-42,44-45,47-51H2,1-6H3,(H-,56,58,60,61)/b46-43+. The number of likely N-dealkylation sites (N-methyl/N-ethyl adjacent to an activating group) is 1. The van der Waals surface area contributed by atoms with Crippen LogP contribution in [0.5, 0.6) is 0 Å². The Balaban J connectivity index is 5.35. The maximum atomic E-state index is 13.4. The normalized spacial score (nSPS) is 13.9. The summed E-state index contributed by atoms with van der Waals surface area (Å²) in [6.45, 7) is 6.86. The molecule has 9 nitrogen and oxygen atoms in total. The van der Waals surface area contributed by atoms with E-state index in [0.717, 1.165) is 57.8 Å². The van der Waals surface area contributed by atoms with Crippen molar-refractivity contribution in [3.05, 3.63) is 12.2 Å². The van der Waals surface area contributed by atoms with Crippen LogP contribution in [0.15, 0.2) is 12.2 Å². The van der Waals surface area contributed by atoms with Crippen LogP contribution in [0.2, 0.25) is 0 Å². The van der Waals surface area contributed by atoms with E-state index in [4.69, 9.17) is 13.8 Å². The highest BCUT2D eigenvalue weighted by atomic mass is 31.2. The lowest BCUT2D eigenvalue weighted by Crippen LogP contribution is -2.47. The number of unbranched alkanes of at least 4 members (excludes halogenated alkanes) is 35. The fraction of sp³-hybridized carbons (Fsp3) is 0.927. The number of carbonyl (C=O) groups excluding carboxylic acids is 2. The van der Waals surface area contributed by atoms with E-state index in [2.05, 4.69) is 26.1 Å². The van der Waals surface area contributed by atoms with Crippen LogP contribution < -0.4 is 10.2 Å². The number of phosphoric ester groups is 1. The third kappa shape index (κ3) is 47.6. The van der Waals surface area contributed by atoms with E-state index in [-0.39, 0.29) is 31.5 Å². The lowest BCUT2D eigenvalue weighted by molar-refractivity contribution is -0.870. The average molecular weight is 941 g/mol. The molecule has 1 amide bonds. The summed E-state index contributed by atoms with van der Waals surface area (Å²) in [5.41, 5.74) is 0. The molecule has 3 atom stereocenters. The summed E-state index contributed by atoms with van der Waals surface area (Å²) in [6, 6.07) is -0.877. The molecular formula is C55H109N2O7P. The van der Waals surface area contributed by atoms with Crippen LogP contribution in [0.25, 0.3) is 0 Å². The predicted octanol–water partition coefficient (Wildman–Crippen LogP) is 15.8. The highest BCUT2D eigenvalue weighted by molar-refractivity contribution is 7.45. The number of esters is 1. The van der Waals surface area contributed by atoms with Gasteiger partial charge in [-0.05, 0) is 31.8 Å². The van der Waals surface area contributed by atoms with Gasteiger partial charge in [-0.15, -0.1) is 0 Å². The van der Waals surface area contributed by atoms with Crippen LogP contribution in [0.4, 0.5) is 0 Å². The molecule has 0 spiro atoms. The number of quaternary nitrogens is 1. The van der Waals surface area contributed by atoms with Crippen molar-refractivity contribution in [2.24, 2.45) is 0 Å². The molecule has 0 aromatic rings. The van der Waals surface area contributed by atoms with Gasteiger partial charge in [0.2, 0.25) is 5.91 Å². The third-order valence-corrected chi connectivity index (χ3v) is 13.7. The molecule has 0 aromatic carbocycles. The lowest BCUT2D eigenvalue weighted by atomic mass is 10.0. The zero-order valence-electron chi connectivity index (χ0n) is 44.0. The van der Waals surface area contributed by atoms with Gasteiger partial charge in [0.05, 0.1) is 33.8 Å². The van der Waals surface area contributed by atoms with Crippen molar-refractivity contribution >= 4 is 19.7 Å². The number of phosphoric acid groups is 1. The first kappa shape index (κ1) is 63.8. The van der Waals surface area contributed by atoms with Gasteiger partial charge in [-0.2, -0.15) is 0 Å². The molecule has 0 bridgehead atoms. The van der Waals surface area contributed by atoms with E-state index >= 15 is 0 Å². The average Bonchev–Trinajstić information content (AvgIpc) is 3.26. The Morgan fingerprint density at radius 3 is 1.26 bits per heavy atom. The Morgan fingerprint density at radius 2 is 0.877 bits per heavy atom. The molecule has 0 fully saturated rings. The molecule has 3 unspecified atom stereocenters. The summed E-state index contributed by atoms with van der Waals surface area (Å²) in [7, 11) is 1.20. The van der Waals surface area contributed by atoms with Crippen molar-refractivity contribution in [3.8, 4) is 0 Å². The largest absolute Gasteiger partial charge is 0.756 e. The number of hydrogen-bond acceptors (Lipinski definition) is 7. The minimum atomic E-state index is -4.68. The maximum absolute atomic E-state index is 13.4. The van der Waals surface area contributed by atoms with Crippen molar-refractivity contribution in [2.75, 3.05) is 40.9 Å². The number of allylic oxidation sites excluding steroid dienone is 1. The van der Waals surface area contributed by atoms with Gasteiger partial charge in [0.1, 0.15) is 19.3 Å². The maximum Gasteiger partial charge on any atom is 0.306 e. The number of nitrogens with zero attached hydrogens (tertiary/aromatic N) is 1. The minimum Gasteiger partial charge on any atom is -0.756 e. The second-order valence-corrected chi connectivity index (χ2v) is 21.9. The summed E-state index contributed by atoms with van der Waals surface area (Å²) in [6.07, 6.45) is 50.2. The Hall–Kier alpha value is -1.25. The summed E-state index contributed by atoms with van der Waals surface area (Å²) in [4.78, 5) is 39.7. The van der Waals surface area contributed by atoms with Crippen LogP contribution in [0.1, 0.15) is 278 Å². The van der Waals surface area contributed by atoms with Crippen LogP contribution in [-0.2, 0) is 27.9 Å². The van der Waals surface area contributed by atoms with E-state index in [1.807, 2.05) is 33.3 Å². The summed E-state index contributed by atoms with van der Waals surface area (Å²) >= 11 is 0. The second-order valence-electron chi connectivity index (χ2n) is 20.5. The van der Waals surface area contributed by atoms with Crippen LogP contribution in [-0.4, -0.2) is 69.4 Å². The highest BCUT2D eigenvalue weighted by Gasteiger charge is 2.27. The molecule has 0 heterocycles. The first-order valence-electron chi connectivity index (χ1n) is 28.0. The van der Waals surface area contributed by atoms with Crippen molar-refractivity contribution < 1.29 is 37.3 Å². The third-order valence-electron chi connectivity index (χ3n) is 12.7. The van der Waals surface area contributed by atoms with Crippen molar-refractivity contribution in [2.45, 2.75) is 290 Å². The van der Waals surface area contributed by atoms with Gasteiger partial charge in [0, 0.05) is 12.8 Å².